The molecule has 1 unspecified atom stereocenters. The summed E-state index contributed by atoms with van der Waals surface area (Å²) in [6.07, 6.45) is -0.773. The van der Waals surface area contributed by atoms with Gasteiger partial charge in [0.2, 0.25) is 0 Å². The molecular formula is C14H18BrNO4. The van der Waals surface area contributed by atoms with Crippen LogP contribution >= 0.6 is 15.9 Å². The number of carboxylic acids is 1. The van der Waals surface area contributed by atoms with Crippen molar-refractivity contribution >= 4 is 28.0 Å². The lowest BCUT2D eigenvalue weighted by Crippen LogP contribution is -2.51. The van der Waals surface area contributed by atoms with Crippen molar-refractivity contribution in [3.8, 4) is 0 Å². The van der Waals surface area contributed by atoms with Crippen LogP contribution < -0.4 is 5.32 Å². The average molecular weight is 344 g/mol. The van der Waals surface area contributed by atoms with E-state index >= 15 is 0 Å². The van der Waals surface area contributed by atoms with Crippen LogP contribution in [0.4, 0.5) is 4.79 Å². The number of halogens is 1. The van der Waals surface area contributed by atoms with Crippen LogP contribution in [0.25, 0.3) is 0 Å². The van der Waals surface area contributed by atoms with E-state index in [0.717, 1.165) is 4.47 Å². The summed E-state index contributed by atoms with van der Waals surface area (Å²) >= 11 is 3.28. The van der Waals surface area contributed by atoms with Crippen molar-refractivity contribution in [1.29, 1.82) is 0 Å². The lowest BCUT2D eigenvalue weighted by Gasteiger charge is -2.28. The number of amides is 1. The monoisotopic (exact) mass is 343 g/mol. The van der Waals surface area contributed by atoms with Crippen molar-refractivity contribution in [2.24, 2.45) is 0 Å². The van der Waals surface area contributed by atoms with E-state index in [0.29, 0.717) is 5.56 Å². The van der Waals surface area contributed by atoms with Gasteiger partial charge in [0.25, 0.3) is 0 Å². The zero-order valence-corrected chi connectivity index (χ0v) is 13.4. The Hall–Kier alpha value is -1.56. The first kappa shape index (κ1) is 16.5. The zero-order valence-electron chi connectivity index (χ0n) is 11.9. The highest BCUT2D eigenvalue weighted by molar-refractivity contribution is 9.10. The molecule has 110 valence electrons. The molecule has 2 N–H and O–H groups in total. The largest absolute Gasteiger partial charge is 0.479 e. The maximum absolute atomic E-state index is 11.8. The molecule has 5 nitrogen and oxygen atoms in total. The number of nitrogens with one attached hydrogen (secondary N) is 1. The third-order valence-corrected chi connectivity index (χ3v) is 3.13. The van der Waals surface area contributed by atoms with Crippen LogP contribution in [0.5, 0.6) is 0 Å². The summed E-state index contributed by atoms with van der Waals surface area (Å²) in [5, 5.41) is 11.8. The Labute approximate surface area is 126 Å². The lowest BCUT2D eigenvalue weighted by molar-refractivity contribution is -0.144. The minimum Gasteiger partial charge on any atom is -0.479 e. The molecule has 20 heavy (non-hydrogen) atoms. The van der Waals surface area contributed by atoms with Crippen LogP contribution in [0.2, 0.25) is 0 Å². The molecule has 1 rings (SSSR count). The first-order chi connectivity index (χ1) is 9.04. The number of carboxylic acid groups (broad SMARTS) is 1. The molecule has 0 aliphatic heterocycles. The van der Waals surface area contributed by atoms with Crippen molar-refractivity contribution in [2.45, 2.75) is 38.8 Å². The summed E-state index contributed by atoms with van der Waals surface area (Å²) in [4.78, 5) is 23.3. The van der Waals surface area contributed by atoms with Crippen molar-refractivity contribution in [2.75, 3.05) is 0 Å². The molecule has 0 saturated heterocycles. The number of carbonyl (C=O) groups excluding carboxylic acids is 1. The van der Waals surface area contributed by atoms with E-state index in [2.05, 4.69) is 21.2 Å². The second kappa shape index (κ2) is 5.83. The third-order valence-electron chi connectivity index (χ3n) is 2.60. The molecule has 1 aromatic rings. The predicted molar refractivity (Wildman–Crippen MR) is 78.5 cm³/mol. The number of ether oxygens (including phenoxy) is 1. The molecule has 0 aliphatic rings. The Morgan fingerprint density at radius 2 is 1.65 bits per heavy atom. The Balaban J connectivity index is 3.01. The Bertz CT molecular complexity index is 507. The zero-order chi connectivity index (χ0) is 15.6. The maximum atomic E-state index is 11.8. The fourth-order valence-electron chi connectivity index (χ4n) is 1.54. The first-order valence-corrected chi connectivity index (χ1v) is 6.84. The molecule has 0 aliphatic carbocycles. The van der Waals surface area contributed by atoms with Gasteiger partial charge < -0.3 is 15.2 Å². The summed E-state index contributed by atoms with van der Waals surface area (Å²) in [6.45, 7) is 6.56. The van der Waals surface area contributed by atoms with E-state index in [-0.39, 0.29) is 0 Å². The second-order valence-corrected chi connectivity index (χ2v) is 6.48. The highest BCUT2D eigenvalue weighted by Crippen LogP contribution is 2.24. The van der Waals surface area contributed by atoms with Crippen LogP contribution in [0.1, 0.15) is 33.3 Å². The number of aliphatic carboxylic acids is 1. The minimum absolute atomic E-state index is 0.457. The molecule has 0 spiro atoms. The molecule has 0 saturated carbocycles. The number of carbonyl (C=O) groups is 2. The average Bonchev–Trinajstić information content (AvgIpc) is 2.26. The van der Waals surface area contributed by atoms with Crippen molar-refractivity contribution in [3.05, 3.63) is 34.3 Å². The van der Waals surface area contributed by atoms with Crippen molar-refractivity contribution in [3.63, 3.8) is 0 Å². The quantitative estimate of drug-likeness (QED) is 0.882. The molecule has 0 radical (unpaired) electrons. The van der Waals surface area contributed by atoms with Crippen LogP contribution in [0, 0.1) is 0 Å². The molecule has 6 heteroatoms. The van der Waals surface area contributed by atoms with Gasteiger partial charge in [0.1, 0.15) is 5.60 Å². The molecular weight excluding hydrogens is 326 g/mol. The SMILES string of the molecule is CC(C)(C)OC(=O)NC(C)(C(=O)O)c1ccc(Br)cc1. The summed E-state index contributed by atoms with van der Waals surface area (Å²) in [5.74, 6) is -1.16. The summed E-state index contributed by atoms with van der Waals surface area (Å²) in [6, 6.07) is 6.70. The van der Waals surface area contributed by atoms with E-state index in [1.54, 1.807) is 45.0 Å². The van der Waals surface area contributed by atoms with Gasteiger partial charge in [0.05, 0.1) is 0 Å². The van der Waals surface area contributed by atoms with Gasteiger partial charge in [0, 0.05) is 4.47 Å². The van der Waals surface area contributed by atoms with Gasteiger partial charge in [-0.1, -0.05) is 28.1 Å². The van der Waals surface area contributed by atoms with E-state index in [1.165, 1.54) is 6.92 Å². The minimum atomic E-state index is -1.55. The number of hydrogen-bond acceptors (Lipinski definition) is 3. The number of benzene rings is 1. The number of hydrogen-bond donors (Lipinski definition) is 2. The Morgan fingerprint density at radius 1 is 1.15 bits per heavy atom. The summed E-state index contributed by atoms with van der Waals surface area (Å²) < 4.78 is 5.93. The van der Waals surface area contributed by atoms with E-state index < -0.39 is 23.2 Å². The van der Waals surface area contributed by atoms with Crippen LogP contribution in [0.15, 0.2) is 28.7 Å². The highest BCUT2D eigenvalue weighted by Gasteiger charge is 2.38. The lowest BCUT2D eigenvalue weighted by atomic mass is 9.92. The number of rotatable bonds is 3. The topological polar surface area (TPSA) is 75.6 Å². The molecule has 0 heterocycles. The van der Waals surface area contributed by atoms with Gasteiger partial charge in [0.15, 0.2) is 5.54 Å². The molecule has 1 atom stereocenters. The molecule has 0 aromatic heterocycles. The third kappa shape index (κ3) is 4.23. The Kier molecular flexibility index (Phi) is 4.81. The smallest absolute Gasteiger partial charge is 0.408 e. The Morgan fingerprint density at radius 3 is 2.05 bits per heavy atom. The van der Waals surface area contributed by atoms with Crippen molar-refractivity contribution < 1.29 is 19.4 Å². The van der Waals surface area contributed by atoms with Gasteiger partial charge in [-0.2, -0.15) is 0 Å². The van der Waals surface area contributed by atoms with Gasteiger partial charge in [-0.3, -0.25) is 0 Å². The van der Waals surface area contributed by atoms with Crippen LogP contribution in [-0.4, -0.2) is 22.8 Å². The van der Waals surface area contributed by atoms with Crippen LogP contribution in [0.3, 0.4) is 0 Å². The fourth-order valence-corrected chi connectivity index (χ4v) is 1.80. The van der Waals surface area contributed by atoms with Gasteiger partial charge in [-0.05, 0) is 45.4 Å². The van der Waals surface area contributed by atoms with Gasteiger partial charge in [-0.25, -0.2) is 9.59 Å². The maximum Gasteiger partial charge on any atom is 0.408 e. The molecule has 1 aromatic carbocycles. The number of alkyl carbamates (subject to hydrolysis) is 1. The summed E-state index contributed by atoms with van der Waals surface area (Å²) in [7, 11) is 0. The summed E-state index contributed by atoms with van der Waals surface area (Å²) in [5.41, 5.74) is -1.79. The normalized spacial score (nSPS) is 14.2. The fraction of sp³-hybridized carbons (Fsp3) is 0.429. The van der Waals surface area contributed by atoms with E-state index in [1.807, 2.05) is 0 Å². The highest BCUT2D eigenvalue weighted by atomic mass is 79.9. The van der Waals surface area contributed by atoms with E-state index in [9.17, 15) is 14.7 Å². The predicted octanol–water partition coefficient (Wildman–Crippen LogP) is 3.27. The van der Waals surface area contributed by atoms with Gasteiger partial charge in [-0.15, -0.1) is 0 Å². The van der Waals surface area contributed by atoms with Crippen LogP contribution in [-0.2, 0) is 15.1 Å². The first-order valence-electron chi connectivity index (χ1n) is 6.05. The second-order valence-electron chi connectivity index (χ2n) is 5.56. The molecule has 0 fully saturated rings. The molecule has 1 amide bonds. The molecule has 0 bridgehead atoms. The van der Waals surface area contributed by atoms with Crippen molar-refractivity contribution in [1.82, 2.24) is 5.32 Å². The standard InChI is InChI=1S/C14H18BrNO4/c1-13(2,3)20-12(19)16-14(4,11(17)18)9-5-7-10(15)8-6-9/h5-8H,1-4H3,(H,16,19)(H,17,18). The van der Waals surface area contributed by atoms with Gasteiger partial charge >= 0.3 is 12.1 Å². The van der Waals surface area contributed by atoms with E-state index in [4.69, 9.17) is 4.74 Å².